The van der Waals surface area contributed by atoms with Crippen LogP contribution in [0.4, 0.5) is 0 Å². The number of fused-ring (bicyclic) bond motifs is 1. The molecular formula is C22H24N4O2. The van der Waals surface area contributed by atoms with Crippen LogP contribution in [0.2, 0.25) is 0 Å². The number of pyridine rings is 2. The Morgan fingerprint density at radius 3 is 2.79 bits per heavy atom. The molecule has 0 unspecified atom stereocenters. The van der Waals surface area contributed by atoms with E-state index in [2.05, 4.69) is 22.0 Å². The highest BCUT2D eigenvalue weighted by Gasteiger charge is 2.36. The number of hydrogen-bond acceptors (Lipinski definition) is 5. The van der Waals surface area contributed by atoms with Crippen molar-refractivity contribution in [2.75, 3.05) is 0 Å². The fraction of sp³-hybridized carbons (Fsp3) is 0.455. The lowest BCUT2D eigenvalue weighted by Gasteiger charge is -2.23. The summed E-state index contributed by atoms with van der Waals surface area (Å²) in [5.41, 5.74) is 3.91. The van der Waals surface area contributed by atoms with Crippen LogP contribution in [0.1, 0.15) is 72.4 Å². The van der Waals surface area contributed by atoms with Crippen molar-refractivity contribution in [3.05, 3.63) is 53.1 Å². The minimum absolute atomic E-state index is 0.0445. The van der Waals surface area contributed by atoms with Crippen molar-refractivity contribution in [1.82, 2.24) is 20.0 Å². The first-order chi connectivity index (χ1) is 13.7. The van der Waals surface area contributed by atoms with Crippen molar-refractivity contribution in [3.63, 3.8) is 0 Å². The van der Waals surface area contributed by atoms with E-state index in [4.69, 9.17) is 4.52 Å². The van der Waals surface area contributed by atoms with Crippen molar-refractivity contribution in [2.45, 2.75) is 64.0 Å². The lowest BCUT2D eigenvalue weighted by molar-refractivity contribution is 0.0729. The van der Waals surface area contributed by atoms with Gasteiger partial charge in [-0.1, -0.05) is 24.6 Å². The van der Waals surface area contributed by atoms with Crippen molar-refractivity contribution in [3.8, 4) is 0 Å². The third kappa shape index (κ3) is 3.28. The normalized spacial score (nSPS) is 16.5. The molecule has 0 bridgehead atoms. The Hall–Kier alpha value is -2.76. The highest BCUT2D eigenvalue weighted by Crippen LogP contribution is 2.41. The van der Waals surface area contributed by atoms with Gasteiger partial charge in [-0.05, 0) is 50.3 Å². The summed E-state index contributed by atoms with van der Waals surface area (Å²) in [6.45, 7) is 2.63. The van der Waals surface area contributed by atoms with E-state index in [1.54, 1.807) is 6.20 Å². The van der Waals surface area contributed by atoms with Gasteiger partial charge in [0.2, 0.25) is 0 Å². The second-order valence-electron chi connectivity index (χ2n) is 7.91. The number of aromatic nitrogens is 3. The smallest absolute Gasteiger partial charge is 0.259 e. The molecule has 6 nitrogen and oxygen atoms in total. The van der Waals surface area contributed by atoms with Gasteiger partial charge in [-0.3, -0.25) is 9.78 Å². The molecule has 5 rings (SSSR count). The largest absolute Gasteiger partial charge is 0.336 e. The van der Waals surface area contributed by atoms with Gasteiger partial charge in [0.1, 0.15) is 0 Å². The molecule has 2 saturated carbocycles. The Bertz CT molecular complexity index is 1010. The molecule has 2 fully saturated rings. The Kier molecular flexibility index (Phi) is 4.34. The van der Waals surface area contributed by atoms with E-state index in [0.29, 0.717) is 23.7 Å². The van der Waals surface area contributed by atoms with Gasteiger partial charge in [-0.2, -0.15) is 0 Å². The molecule has 3 aromatic heterocycles. The molecule has 0 aromatic carbocycles. The van der Waals surface area contributed by atoms with Gasteiger partial charge in [0.05, 0.1) is 28.9 Å². The van der Waals surface area contributed by atoms with Gasteiger partial charge in [-0.15, -0.1) is 0 Å². The topological polar surface area (TPSA) is 72.1 Å². The number of aryl methyl sites for hydroxylation is 1. The molecule has 3 aromatic rings. The lowest BCUT2D eigenvalue weighted by Crippen LogP contribution is -2.33. The van der Waals surface area contributed by atoms with E-state index >= 15 is 0 Å². The number of hydrogen-bond donors (Lipinski definition) is 0. The van der Waals surface area contributed by atoms with Crippen LogP contribution < -0.4 is 0 Å². The van der Waals surface area contributed by atoms with E-state index in [-0.39, 0.29) is 11.9 Å². The summed E-state index contributed by atoms with van der Waals surface area (Å²) in [5, 5.41) is 5.03. The summed E-state index contributed by atoms with van der Waals surface area (Å²) in [5.74, 6) is 0.490. The second-order valence-corrected chi connectivity index (χ2v) is 7.91. The fourth-order valence-electron chi connectivity index (χ4n) is 3.77. The number of amides is 1. The molecule has 0 N–H and O–H groups in total. The average molecular weight is 376 g/mol. The summed E-state index contributed by atoms with van der Waals surface area (Å²) >= 11 is 0. The number of nitrogens with zero attached hydrogens (tertiary/aromatic N) is 4. The van der Waals surface area contributed by atoms with Gasteiger partial charge >= 0.3 is 0 Å². The minimum Gasteiger partial charge on any atom is -0.336 e. The van der Waals surface area contributed by atoms with Gasteiger partial charge < -0.3 is 9.42 Å². The van der Waals surface area contributed by atoms with Gasteiger partial charge in [0.15, 0.2) is 0 Å². The summed E-state index contributed by atoms with van der Waals surface area (Å²) in [6, 6.07) is 8.12. The summed E-state index contributed by atoms with van der Waals surface area (Å²) in [6.07, 6.45) is 7.85. The predicted octanol–water partition coefficient (Wildman–Crippen LogP) is 4.25. The van der Waals surface area contributed by atoms with E-state index in [1.165, 1.54) is 0 Å². The Balaban J connectivity index is 1.57. The molecule has 144 valence electrons. The van der Waals surface area contributed by atoms with Gasteiger partial charge in [0, 0.05) is 23.9 Å². The molecule has 6 heteroatoms. The van der Waals surface area contributed by atoms with E-state index in [1.807, 2.05) is 29.2 Å². The quantitative estimate of drug-likeness (QED) is 0.616. The fourth-order valence-corrected chi connectivity index (χ4v) is 3.77. The van der Waals surface area contributed by atoms with Crippen LogP contribution in [0, 0.1) is 0 Å². The number of carbonyl (C=O) groups is 1. The molecule has 2 aliphatic rings. The van der Waals surface area contributed by atoms with E-state index in [9.17, 15) is 4.79 Å². The van der Waals surface area contributed by atoms with Crippen LogP contribution in [0.25, 0.3) is 11.1 Å². The third-order valence-electron chi connectivity index (χ3n) is 5.56. The molecule has 0 saturated heterocycles. The maximum absolute atomic E-state index is 13.7. The average Bonchev–Trinajstić information content (AvgIpc) is 3.64. The Labute approximate surface area is 163 Å². The molecule has 0 spiro atoms. The van der Waals surface area contributed by atoms with Gasteiger partial charge in [-0.25, -0.2) is 4.98 Å². The molecule has 2 aliphatic carbocycles. The van der Waals surface area contributed by atoms with Crippen molar-refractivity contribution < 1.29 is 9.32 Å². The van der Waals surface area contributed by atoms with Gasteiger partial charge in [0.25, 0.3) is 11.6 Å². The van der Waals surface area contributed by atoms with Crippen molar-refractivity contribution in [2.24, 2.45) is 0 Å². The van der Waals surface area contributed by atoms with Crippen LogP contribution in [0.5, 0.6) is 0 Å². The summed E-state index contributed by atoms with van der Waals surface area (Å²) in [7, 11) is 0. The molecule has 1 amide bonds. The zero-order chi connectivity index (χ0) is 19.1. The molecule has 0 atom stereocenters. The second kappa shape index (κ2) is 7.00. The van der Waals surface area contributed by atoms with Crippen LogP contribution >= 0.6 is 0 Å². The number of rotatable bonds is 7. The Morgan fingerprint density at radius 1 is 1.25 bits per heavy atom. The first-order valence-corrected chi connectivity index (χ1v) is 10.2. The van der Waals surface area contributed by atoms with Crippen LogP contribution in [-0.2, 0) is 13.0 Å². The predicted molar refractivity (Wildman–Crippen MR) is 105 cm³/mol. The zero-order valence-electron chi connectivity index (χ0n) is 16.1. The van der Waals surface area contributed by atoms with Crippen molar-refractivity contribution in [1.29, 1.82) is 0 Å². The Morgan fingerprint density at radius 2 is 2.11 bits per heavy atom. The summed E-state index contributed by atoms with van der Waals surface area (Å²) < 4.78 is 5.54. The van der Waals surface area contributed by atoms with Crippen LogP contribution in [-0.4, -0.2) is 32.0 Å². The monoisotopic (exact) mass is 376 g/mol. The standard InChI is InChI=1S/C22H24N4O2/c1-2-5-18-20-17(12-19(14-7-8-14)24-21(20)28-25-18)22(27)26(16-9-10-16)13-15-6-3-4-11-23-15/h3-4,6,11-12,14,16H,2,5,7-10,13H2,1H3. The van der Waals surface area contributed by atoms with Crippen LogP contribution in [0.15, 0.2) is 35.0 Å². The molecular weight excluding hydrogens is 352 g/mol. The lowest BCUT2D eigenvalue weighted by atomic mass is 10.0. The highest BCUT2D eigenvalue weighted by molar-refractivity contribution is 6.06. The minimum atomic E-state index is 0.0445. The first-order valence-electron chi connectivity index (χ1n) is 10.2. The molecule has 3 heterocycles. The van der Waals surface area contributed by atoms with E-state index in [0.717, 1.165) is 61.0 Å². The van der Waals surface area contributed by atoms with E-state index < -0.39 is 0 Å². The maximum Gasteiger partial charge on any atom is 0.259 e. The third-order valence-corrected chi connectivity index (χ3v) is 5.56. The van der Waals surface area contributed by atoms with Crippen molar-refractivity contribution >= 4 is 17.0 Å². The van der Waals surface area contributed by atoms with Crippen LogP contribution in [0.3, 0.4) is 0 Å². The maximum atomic E-state index is 13.7. The molecule has 0 radical (unpaired) electrons. The molecule has 28 heavy (non-hydrogen) atoms. The SMILES string of the molecule is CCCc1noc2nc(C3CC3)cc(C(=O)N(Cc3ccccn3)C3CC3)c12. The highest BCUT2D eigenvalue weighted by atomic mass is 16.5. The molecule has 0 aliphatic heterocycles. The summed E-state index contributed by atoms with van der Waals surface area (Å²) in [4.78, 5) is 24.8. The zero-order valence-corrected chi connectivity index (χ0v) is 16.1. The first kappa shape index (κ1) is 17.3. The number of carbonyl (C=O) groups excluding carboxylic acids is 1.